The summed E-state index contributed by atoms with van der Waals surface area (Å²) in [5.74, 6) is 0. The van der Waals surface area contributed by atoms with Gasteiger partial charge in [-0.25, -0.2) is 0 Å². The molecule has 0 radical (unpaired) electrons. The average molecular weight is 192 g/mol. The maximum absolute atomic E-state index is 11.8. The molecule has 1 aliphatic carbocycles. The fourth-order valence-electron chi connectivity index (χ4n) is 0.830. The SMILES string of the molecule is CC1=C=C(SC(F)(F)F)C=CC1. The maximum atomic E-state index is 11.8. The lowest BCUT2D eigenvalue weighted by atomic mass is 10.2. The van der Waals surface area contributed by atoms with Crippen LogP contribution in [0.4, 0.5) is 13.2 Å². The Balaban J connectivity index is 2.77. The van der Waals surface area contributed by atoms with E-state index >= 15 is 0 Å². The van der Waals surface area contributed by atoms with Crippen molar-refractivity contribution in [3.8, 4) is 0 Å². The van der Waals surface area contributed by atoms with Gasteiger partial charge in [-0.15, -0.1) is 5.73 Å². The molecule has 0 aromatic heterocycles. The van der Waals surface area contributed by atoms with Crippen LogP contribution in [0.1, 0.15) is 13.3 Å². The van der Waals surface area contributed by atoms with Crippen LogP contribution in [0.15, 0.2) is 28.4 Å². The predicted octanol–water partition coefficient (Wildman–Crippen LogP) is 3.63. The summed E-state index contributed by atoms with van der Waals surface area (Å²) in [4.78, 5) is 0.145. The highest BCUT2D eigenvalue weighted by atomic mass is 32.2. The Bertz CT molecular complexity index is 267. The monoisotopic (exact) mass is 192 g/mol. The Kier molecular flexibility index (Phi) is 2.70. The van der Waals surface area contributed by atoms with Gasteiger partial charge in [-0.05, 0) is 36.8 Å². The molecule has 66 valence electrons. The lowest BCUT2D eigenvalue weighted by Gasteiger charge is -2.06. The number of alkyl halides is 3. The third-order valence-electron chi connectivity index (χ3n) is 1.26. The lowest BCUT2D eigenvalue weighted by Crippen LogP contribution is -1.99. The molecule has 0 nitrogen and oxygen atoms in total. The van der Waals surface area contributed by atoms with E-state index in [9.17, 15) is 13.2 Å². The molecule has 0 aromatic carbocycles. The minimum Gasteiger partial charge on any atom is -0.160 e. The first-order valence-corrected chi connectivity index (χ1v) is 4.18. The fourth-order valence-corrected chi connectivity index (χ4v) is 1.47. The molecule has 0 bridgehead atoms. The highest BCUT2D eigenvalue weighted by Crippen LogP contribution is 2.37. The van der Waals surface area contributed by atoms with E-state index in [-0.39, 0.29) is 16.7 Å². The predicted molar refractivity (Wildman–Crippen MR) is 43.6 cm³/mol. The highest BCUT2D eigenvalue weighted by Gasteiger charge is 2.29. The zero-order valence-corrected chi connectivity index (χ0v) is 7.22. The molecular formula is C8H7F3S. The number of allylic oxidation sites excluding steroid dienone is 2. The Morgan fingerprint density at radius 3 is 2.67 bits per heavy atom. The van der Waals surface area contributed by atoms with Crippen molar-refractivity contribution in [2.75, 3.05) is 0 Å². The highest BCUT2D eigenvalue weighted by molar-refractivity contribution is 8.04. The molecule has 0 amide bonds. The number of thioether (sulfide) groups is 1. The van der Waals surface area contributed by atoms with Crippen LogP contribution in [0.5, 0.6) is 0 Å². The molecule has 0 atom stereocenters. The zero-order valence-electron chi connectivity index (χ0n) is 6.40. The molecule has 0 N–H and O–H groups in total. The summed E-state index contributed by atoms with van der Waals surface area (Å²) in [5.41, 5.74) is -0.704. The molecule has 0 saturated heterocycles. The lowest BCUT2D eigenvalue weighted by molar-refractivity contribution is -0.0321. The first kappa shape index (κ1) is 9.49. The summed E-state index contributed by atoms with van der Waals surface area (Å²) in [5, 5.41) is 0. The van der Waals surface area contributed by atoms with Crippen LogP contribution in [0, 0.1) is 0 Å². The van der Waals surface area contributed by atoms with Crippen LogP contribution in [0.2, 0.25) is 0 Å². The maximum Gasteiger partial charge on any atom is 0.447 e. The molecular weight excluding hydrogens is 185 g/mol. The number of hydrogen-bond donors (Lipinski definition) is 0. The minimum absolute atomic E-state index is 0.121. The van der Waals surface area contributed by atoms with Crippen LogP contribution in [-0.2, 0) is 0 Å². The third kappa shape index (κ3) is 3.20. The van der Waals surface area contributed by atoms with Gasteiger partial charge in [0.15, 0.2) is 0 Å². The second kappa shape index (κ2) is 3.42. The van der Waals surface area contributed by atoms with Gasteiger partial charge in [-0.3, -0.25) is 0 Å². The molecule has 0 aromatic rings. The smallest absolute Gasteiger partial charge is 0.160 e. The van der Waals surface area contributed by atoms with Crippen LogP contribution in [0.25, 0.3) is 0 Å². The summed E-state index contributed by atoms with van der Waals surface area (Å²) in [6, 6.07) is 0. The van der Waals surface area contributed by atoms with Gasteiger partial charge in [0.1, 0.15) is 0 Å². The quantitative estimate of drug-likeness (QED) is 0.572. The van der Waals surface area contributed by atoms with E-state index in [1.165, 1.54) is 6.08 Å². The molecule has 0 spiro atoms. The Morgan fingerprint density at radius 1 is 1.50 bits per heavy atom. The van der Waals surface area contributed by atoms with Crippen molar-refractivity contribution in [2.45, 2.75) is 18.9 Å². The van der Waals surface area contributed by atoms with Crippen molar-refractivity contribution in [3.63, 3.8) is 0 Å². The van der Waals surface area contributed by atoms with Crippen LogP contribution in [-0.4, -0.2) is 5.51 Å². The van der Waals surface area contributed by atoms with Gasteiger partial charge >= 0.3 is 5.51 Å². The van der Waals surface area contributed by atoms with Gasteiger partial charge in [0.05, 0.1) is 4.91 Å². The topological polar surface area (TPSA) is 0 Å². The van der Waals surface area contributed by atoms with Crippen LogP contribution in [0.3, 0.4) is 0 Å². The summed E-state index contributed by atoms with van der Waals surface area (Å²) < 4.78 is 35.5. The standard InChI is InChI=1S/C8H7F3S/c1-6-3-2-4-7(5-6)12-8(9,10)11/h2,4H,3H2,1H3. The summed E-state index contributed by atoms with van der Waals surface area (Å²) in [7, 11) is 0. The first-order chi connectivity index (χ1) is 5.47. The molecule has 0 aliphatic heterocycles. The summed E-state index contributed by atoms with van der Waals surface area (Å²) in [6.07, 6.45) is 3.85. The van der Waals surface area contributed by atoms with Gasteiger partial charge in [0.2, 0.25) is 0 Å². The number of halogens is 3. The van der Waals surface area contributed by atoms with Crippen LogP contribution >= 0.6 is 11.8 Å². The molecule has 12 heavy (non-hydrogen) atoms. The van der Waals surface area contributed by atoms with Crippen molar-refractivity contribution < 1.29 is 13.2 Å². The molecule has 1 aliphatic rings. The van der Waals surface area contributed by atoms with Crippen molar-refractivity contribution >= 4 is 11.8 Å². The normalized spacial score (nSPS) is 17.3. The van der Waals surface area contributed by atoms with E-state index < -0.39 is 5.51 Å². The summed E-state index contributed by atoms with van der Waals surface area (Å²) in [6.45, 7) is 1.76. The second-order valence-electron chi connectivity index (χ2n) is 2.42. The van der Waals surface area contributed by atoms with Gasteiger partial charge in [-0.1, -0.05) is 6.08 Å². The number of hydrogen-bond acceptors (Lipinski definition) is 1. The van der Waals surface area contributed by atoms with Gasteiger partial charge < -0.3 is 0 Å². The Labute approximate surface area is 72.8 Å². The van der Waals surface area contributed by atoms with E-state index in [0.29, 0.717) is 6.42 Å². The largest absolute Gasteiger partial charge is 0.447 e. The average Bonchev–Trinajstić information content (AvgIpc) is 1.82. The molecule has 4 heteroatoms. The van der Waals surface area contributed by atoms with E-state index in [1.54, 1.807) is 13.0 Å². The minimum atomic E-state index is -4.20. The Hall–Kier alpha value is -0.600. The fraction of sp³-hybridized carbons (Fsp3) is 0.375. The van der Waals surface area contributed by atoms with E-state index in [2.05, 4.69) is 5.73 Å². The van der Waals surface area contributed by atoms with Gasteiger partial charge in [-0.2, -0.15) is 13.2 Å². The first-order valence-electron chi connectivity index (χ1n) is 3.36. The van der Waals surface area contributed by atoms with Crippen molar-refractivity contribution in [2.24, 2.45) is 0 Å². The zero-order chi connectivity index (χ0) is 9.19. The molecule has 0 fully saturated rings. The van der Waals surface area contributed by atoms with E-state index in [4.69, 9.17) is 0 Å². The van der Waals surface area contributed by atoms with Gasteiger partial charge in [0.25, 0.3) is 0 Å². The van der Waals surface area contributed by atoms with Crippen molar-refractivity contribution in [1.82, 2.24) is 0 Å². The van der Waals surface area contributed by atoms with Crippen molar-refractivity contribution in [1.29, 1.82) is 0 Å². The van der Waals surface area contributed by atoms with E-state index in [0.717, 1.165) is 5.57 Å². The second-order valence-corrected chi connectivity index (χ2v) is 3.53. The molecule has 0 unspecified atom stereocenters. The number of rotatable bonds is 1. The van der Waals surface area contributed by atoms with Crippen molar-refractivity contribution in [3.05, 3.63) is 28.4 Å². The molecule has 0 heterocycles. The Morgan fingerprint density at radius 2 is 2.17 bits per heavy atom. The summed E-state index contributed by atoms with van der Waals surface area (Å²) >= 11 is -0.121. The molecule has 1 rings (SSSR count). The van der Waals surface area contributed by atoms with Gasteiger partial charge in [0, 0.05) is 0 Å². The van der Waals surface area contributed by atoms with Crippen LogP contribution < -0.4 is 0 Å². The van der Waals surface area contributed by atoms with E-state index in [1.807, 2.05) is 0 Å². The third-order valence-corrected chi connectivity index (χ3v) is 1.95. The molecule has 0 saturated carbocycles.